The van der Waals surface area contributed by atoms with Crippen molar-refractivity contribution in [2.24, 2.45) is 0 Å². The maximum Gasteiger partial charge on any atom is 0.301 e. The molecule has 0 radical (unpaired) electrons. The zero-order valence-corrected chi connectivity index (χ0v) is 22.3. The highest BCUT2D eigenvalue weighted by Gasteiger charge is 2.48. The summed E-state index contributed by atoms with van der Waals surface area (Å²) < 4.78 is 18.8. The van der Waals surface area contributed by atoms with Crippen molar-refractivity contribution < 1.29 is 28.7 Å². The van der Waals surface area contributed by atoms with Crippen molar-refractivity contribution in [1.29, 1.82) is 0 Å². The summed E-state index contributed by atoms with van der Waals surface area (Å²) >= 11 is 2.36. The van der Waals surface area contributed by atoms with Crippen LogP contribution in [0.15, 0.2) is 82.7 Å². The minimum Gasteiger partial charge on any atom is -0.507 e. The zero-order chi connectivity index (χ0) is 28.4. The monoisotopic (exact) mass is 578 g/mol. The van der Waals surface area contributed by atoms with Crippen molar-refractivity contribution in [2.75, 3.05) is 12.0 Å². The number of aliphatic hydroxyl groups excluding tert-OH is 1. The molecular formula is C27H19FN4O6S2. The summed E-state index contributed by atoms with van der Waals surface area (Å²) in [4.78, 5) is 38.7. The normalized spacial score (nSPS) is 16.4. The number of aromatic nitrogens is 2. The number of nitro benzene ring substituents is 1. The van der Waals surface area contributed by atoms with E-state index in [0.29, 0.717) is 15.8 Å². The fourth-order valence-electron chi connectivity index (χ4n) is 4.14. The molecule has 1 aliphatic rings. The van der Waals surface area contributed by atoms with E-state index in [1.807, 2.05) is 0 Å². The molecule has 1 N–H and O–H groups in total. The van der Waals surface area contributed by atoms with Crippen LogP contribution < -0.4 is 9.64 Å². The molecule has 1 unspecified atom stereocenters. The Hall–Kier alpha value is -4.62. The number of nitrogens with zero attached hydrogens (tertiary/aromatic N) is 4. The van der Waals surface area contributed by atoms with Crippen molar-refractivity contribution in [2.45, 2.75) is 16.1 Å². The summed E-state index contributed by atoms with van der Waals surface area (Å²) in [5.74, 6) is -1.75. The maximum atomic E-state index is 13.3. The van der Waals surface area contributed by atoms with E-state index < -0.39 is 28.4 Å². The van der Waals surface area contributed by atoms with Crippen LogP contribution in [0.2, 0.25) is 0 Å². The Labute approximate surface area is 234 Å². The zero-order valence-electron chi connectivity index (χ0n) is 20.7. The number of Topliss-reactive ketones (excluding diaryl/α,β-unsaturated/α-hetero) is 1. The van der Waals surface area contributed by atoms with Crippen molar-refractivity contribution in [3.63, 3.8) is 0 Å². The lowest BCUT2D eigenvalue weighted by Crippen LogP contribution is -2.29. The summed E-state index contributed by atoms with van der Waals surface area (Å²) in [6, 6.07) is 16.5. The first-order valence-corrected chi connectivity index (χ1v) is 13.5. The molecule has 202 valence electrons. The molecule has 5 rings (SSSR count). The number of ether oxygens (including phenoxy) is 1. The Morgan fingerprint density at radius 1 is 1.12 bits per heavy atom. The Morgan fingerprint density at radius 2 is 1.85 bits per heavy atom. The number of non-ortho nitro benzene ring substituents is 1. The highest BCUT2D eigenvalue weighted by molar-refractivity contribution is 8.00. The summed E-state index contributed by atoms with van der Waals surface area (Å²) in [5, 5.41) is 31.0. The smallest absolute Gasteiger partial charge is 0.301 e. The van der Waals surface area contributed by atoms with E-state index in [0.717, 1.165) is 21.8 Å². The van der Waals surface area contributed by atoms with E-state index in [1.165, 1.54) is 67.4 Å². The molecule has 10 nitrogen and oxygen atoms in total. The molecular weight excluding hydrogens is 559 g/mol. The van der Waals surface area contributed by atoms with Crippen molar-refractivity contribution in [1.82, 2.24) is 10.2 Å². The second kappa shape index (κ2) is 11.2. The minimum absolute atomic E-state index is 0.0778. The fraction of sp³-hybridized carbons (Fsp3) is 0.111. The largest absolute Gasteiger partial charge is 0.507 e. The molecule has 3 aromatic carbocycles. The van der Waals surface area contributed by atoms with Gasteiger partial charge in [0.15, 0.2) is 4.34 Å². The predicted octanol–water partition coefficient (Wildman–Crippen LogP) is 5.51. The van der Waals surface area contributed by atoms with E-state index in [9.17, 15) is 29.2 Å². The quantitative estimate of drug-likeness (QED) is 0.0546. The van der Waals surface area contributed by atoms with Gasteiger partial charge in [0.25, 0.3) is 11.5 Å². The van der Waals surface area contributed by atoms with Crippen LogP contribution in [0.1, 0.15) is 22.7 Å². The van der Waals surface area contributed by atoms with Crippen LogP contribution in [0.5, 0.6) is 5.75 Å². The lowest BCUT2D eigenvalue weighted by Gasteiger charge is -2.22. The molecule has 1 amide bonds. The first-order valence-electron chi connectivity index (χ1n) is 11.7. The van der Waals surface area contributed by atoms with Crippen molar-refractivity contribution >= 4 is 51.4 Å². The maximum absolute atomic E-state index is 13.3. The van der Waals surface area contributed by atoms with Crippen molar-refractivity contribution in [3.8, 4) is 5.75 Å². The number of thioether (sulfide) groups is 1. The van der Waals surface area contributed by atoms with Gasteiger partial charge in [-0.05, 0) is 47.5 Å². The number of aliphatic hydroxyl groups is 1. The molecule has 0 saturated carbocycles. The third kappa shape index (κ3) is 5.28. The first-order chi connectivity index (χ1) is 19.3. The number of carbonyl (C=O) groups excluding carboxylic acids is 2. The van der Waals surface area contributed by atoms with Gasteiger partial charge in [-0.1, -0.05) is 47.4 Å². The summed E-state index contributed by atoms with van der Waals surface area (Å²) in [6.07, 6.45) is 0. The van der Waals surface area contributed by atoms with Gasteiger partial charge in [-0.15, -0.1) is 10.2 Å². The summed E-state index contributed by atoms with van der Waals surface area (Å²) in [5.41, 5.74) is 0.840. The van der Waals surface area contributed by atoms with Gasteiger partial charge in [-0.3, -0.25) is 24.6 Å². The van der Waals surface area contributed by atoms with Gasteiger partial charge in [-0.25, -0.2) is 4.39 Å². The number of anilines is 1. The molecule has 40 heavy (non-hydrogen) atoms. The number of halogens is 1. The number of ketones is 1. The Morgan fingerprint density at radius 3 is 2.52 bits per heavy atom. The first kappa shape index (κ1) is 27.0. The van der Waals surface area contributed by atoms with Crippen LogP contribution in [0.25, 0.3) is 5.76 Å². The Kier molecular flexibility index (Phi) is 7.58. The number of amides is 1. The van der Waals surface area contributed by atoms with Gasteiger partial charge in [0.05, 0.1) is 23.6 Å². The third-order valence-electron chi connectivity index (χ3n) is 6.08. The van der Waals surface area contributed by atoms with E-state index in [2.05, 4.69) is 10.2 Å². The number of benzene rings is 3. The average Bonchev–Trinajstić information content (AvgIpc) is 3.54. The average molecular weight is 579 g/mol. The molecule has 2 heterocycles. The lowest BCUT2D eigenvalue weighted by atomic mass is 9.95. The van der Waals surface area contributed by atoms with E-state index >= 15 is 0 Å². The van der Waals surface area contributed by atoms with Crippen LogP contribution in [-0.4, -0.2) is 39.0 Å². The predicted molar refractivity (Wildman–Crippen MR) is 147 cm³/mol. The standard InChI is InChI=1S/C27H19FN4O6S2/c1-38-20-11-7-16(8-12-20)23(33)21-22(17-3-2-4-19(13-17)32(36)37)31(25(35)24(21)34)26-29-30-27(40-26)39-14-15-5-9-18(28)10-6-15/h2-13,22,33H,14H2,1H3/b23-21-. The van der Waals surface area contributed by atoms with Crippen LogP contribution in [0, 0.1) is 15.9 Å². The molecule has 0 bridgehead atoms. The number of carbonyl (C=O) groups is 2. The Balaban J connectivity index is 1.56. The molecule has 0 spiro atoms. The fourth-order valence-corrected chi connectivity index (χ4v) is 5.97. The van der Waals surface area contributed by atoms with E-state index in [4.69, 9.17) is 4.74 Å². The molecule has 1 aromatic heterocycles. The highest BCUT2D eigenvalue weighted by atomic mass is 32.2. The molecule has 1 saturated heterocycles. The van der Waals surface area contributed by atoms with Gasteiger partial charge in [-0.2, -0.15) is 0 Å². The summed E-state index contributed by atoms with van der Waals surface area (Å²) in [7, 11) is 1.48. The van der Waals surface area contributed by atoms with E-state index in [1.54, 1.807) is 24.3 Å². The van der Waals surface area contributed by atoms with Gasteiger partial charge in [0, 0.05) is 23.4 Å². The number of nitro groups is 1. The molecule has 1 aliphatic heterocycles. The number of methoxy groups -OCH3 is 1. The number of rotatable bonds is 8. The highest BCUT2D eigenvalue weighted by Crippen LogP contribution is 2.44. The van der Waals surface area contributed by atoms with E-state index in [-0.39, 0.29) is 33.3 Å². The van der Waals surface area contributed by atoms with Crippen LogP contribution in [0.4, 0.5) is 15.2 Å². The lowest BCUT2D eigenvalue weighted by molar-refractivity contribution is -0.384. The van der Waals surface area contributed by atoms with Crippen molar-refractivity contribution in [3.05, 3.63) is 111 Å². The van der Waals surface area contributed by atoms with Crippen LogP contribution in [0.3, 0.4) is 0 Å². The summed E-state index contributed by atoms with van der Waals surface area (Å²) in [6.45, 7) is 0. The third-order valence-corrected chi connectivity index (χ3v) is 8.21. The SMILES string of the molecule is COc1ccc(/C(O)=C2/C(=O)C(=O)N(c3nnc(SCc4ccc(F)cc4)s3)C2c2cccc([N+](=O)[O-])c2)cc1. The molecule has 1 atom stereocenters. The van der Waals surface area contributed by atoms with Crippen LogP contribution in [-0.2, 0) is 15.3 Å². The second-order valence-electron chi connectivity index (χ2n) is 8.52. The van der Waals surface area contributed by atoms with Crippen LogP contribution >= 0.6 is 23.1 Å². The van der Waals surface area contributed by atoms with Gasteiger partial charge >= 0.3 is 5.91 Å². The van der Waals surface area contributed by atoms with Gasteiger partial charge < -0.3 is 9.84 Å². The molecule has 1 fully saturated rings. The number of hydrogen-bond acceptors (Lipinski definition) is 10. The number of hydrogen-bond donors (Lipinski definition) is 1. The topological polar surface area (TPSA) is 136 Å². The second-order valence-corrected chi connectivity index (χ2v) is 10.7. The Bertz CT molecular complexity index is 1640. The molecule has 4 aromatic rings. The van der Waals surface area contributed by atoms with Gasteiger partial charge in [0.2, 0.25) is 5.13 Å². The minimum atomic E-state index is -1.20. The molecule has 13 heteroatoms. The van der Waals surface area contributed by atoms with Gasteiger partial charge in [0.1, 0.15) is 17.3 Å². The molecule has 0 aliphatic carbocycles.